The van der Waals surface area contributed by atoms with Gasteiger partial charge >= 0.3 is 0 Å². The van der Waals surface area contributed by atoms with Gasteiger partial charge in [0.05, 0.1) is 26.4 Å². The van der Waals surface area contributed by atoms with Gasteiger partial charge in [0.15, 0.2) is 25.2 Å². The highest BCUT2D eigenvalue weighted by atomic mass is 16.7. The number of nitrogens with zero attached hydrogens (tertiary/aromatic N) is 2. The second kappa shape index (κ2) is 27.5. The van der Waals surface area contributed by atoms with E-state index in [9.17, 15) is 0 Å². The maximum atomic E-state index is 6.28. The van der Waals surface area contributed by atoms with Crippen molar-refractivity contribution in [3.8, 4) is 0 Å². The standard InChI is InChI=1S/C72H84N2O8/c1-71(2,57-32-36-61(37-33-57)73(63-24-13-18-53(44-63)49-79-67-28-5-9-40-75-67)64-25-14-19-54(45-64)50-80-68-29-6-10-41-76-68)59-22-17-23-60(48-59)72(3,4)58-34-38-62(39-35-58)74(65-26-15-20-55(46-65)51-81-69-30-7-11-42-77-69)66-27-16-21-56(47-66)52-82-70-31-8-12-43-78-70/h13-27,32-39,44-48,67-70H,5-12,28-31,40-43,49-52H2,1-4H3. The third-order valence-corrected chi connectivity index (χ3v) is 17.0. The molecule has 0 saturated carbocycles. The zero-order valence-electron chi connectivity index (χ0n) is 48.8. The molecule has 10 nitrogen and oxygen atoms in total. The molecule has 4 saturated heterocycles. The lowest BCUT2D eigenvalue weighted by molar-refractivity contribution is -0.169. The Morgan fingerprint density at radius 1 is 0.317 bits per heavy atom. The van der Waals surface area contributed by atoms with Crippen LogP contribution in [0.15, 0.2) is 170 Å². The fourth-order valence-corrected chi connectivity index (χ4v) is 11.8. The average molecular weight is 1110 g/mol. The van der Waals surface area contributed by atoms with E-state index in [1.165, 1.54) is 22.3 Å². The second-order valence-corrected chi connectivity index (χ2v) is 23.7. The lowest BCUT2D eigenvalue weighted by atomic mass is 9.73. The highest BCUT2D eigenvalue weighted by Gasteiger charge is 2.29. The third kappa shape index (κ3) is 14.6. The summed E-state index contributed by atoms with van der Waals surface area (Å²) in [7, 11) is 0. The van der Waals surface area contributed by atoms with Crippen LogP contribution in [0.4, 0.5) is 34.1 Å². The van der Waals surface area contributed by atoms with Crippen LogP contribution < -0.4 is 9.80 Å². The molecule has 4 aliphatic rings. The fraction of sp³-hybridized carbons (Fsp3) is 0.417. The van der Waals surface area contributed by atoms with Crippen LogP contribution in [0.3, 0.4) is 0 Å². The van der Waals surface area contributed by atoms with Gasteiger partial charge in [-0.3, -0.25) is 0 Å². The van der Waals surface area contributed by atoms with Crippen LogP contribution >= 0.6 is 0 Å². The molecule has 10 heteroatoms. The van der Waals surface area contributed by atoms with E-state index in [0.29, 0.717) is 26.4 Å². The SMILES string of the molecule is CC(C)(c1ccc(N(c2cccc(COC3CCCCO3)c2)c2cccc(COC3CCCCO3)c2)cc1)c1cccc(C(C)(C)c2ccc(N(c3cccc(COC4CCCCO4)c3)c3cccc(COC4CCCCO4)c3)cc2)c1. The first kappa shape index (κ1) is 57.6. The first-order valence-corrected chi connectivity index (χ1v) is 30.3. The van der Waals surface area contributed by atoms with Gasteiger partial charge in [-0.2, -0.15) is 0 Å². The van der Waals surface area contributed by atoms with Crippen LogP contribution in [0.5, 0.6) is 0 Å². The Bertz CT molecular complexity index is 2780. The van der Waals surface area contributed by atoms with E-state index in [4.69, 9.17) is 37.9 Å². The van der Waals surface area contributed by atoms with Crippen molar-refractivity contribution in [1.82, 2.24) is 0 Å². The van der Waals surface area contributed by atoms with Gasteiger partial charge in [0.2, 0.25) is 0 Å². The second-order valence-electron chi connectivity index (χ2n) is 23.7. The Hall–Kier alpha value is -6.18. The Morgan fingerprint density at radius 2 is 0.598 bits per heavy atom. The summed E-state index contributed by atoms with van der Waals surface area (Å²) in [5, 5.41) is 0. The summed E-state index contributed by atoms with van der Waals surface area (Å²) in [6.45, 7) is 14.3. The molecule has 82 heavy (non-hydrogen) atoms. The number of ether oxygens (including phenoxy) is 8. The van der Waals surface area contributed by atoms with Crippen LogP contribution in [0, 0.1) is 0 Å². The molecule has 0 aromatic heterocycles. The number of rotatable bonds is 22. The molecular formula is C72H84N2O8. The van der Waals surface area contributed by atoms with Gasteiger partial charge in [0.25, 0.3) is 0 Å². The zero-order chi connectivity index (χ0) is 56.1. The Morgan fingerprint density at radius 3 is 0.866 bits per heavy atom. The van der Waals surface area contributed by atoms with Crippen LogP contribution in [-0.4, -0.2) is 51.6 Å². The average Bonchev–Trinajstić information content (AvgIpc) is 3.59. The molecule has 4 heterocycles. The fourth-order valence-electron chi connectivity index (χ4n) is 11.8. The van der Waals surface area contributed by atoms with Crippen molar-refractivity contribution < 1.29 is 37.9 Å². The van der Waals surface area contributed by atoms with E-state index in [0.717, 1.165) is 160 Å². The monoisotopic (exact) mass is 1100 g/mol. The topological polar surface area (TPSA) is 80.3 Å². The van der Waals surface area contributed by atoms with Crippen LogP contribution in [0.1, 0.15) is 149 Å². The largest absolute Gasteiger partial charge is 0.353 e. The predicted molar refractivity (Wildman–Crippen MR) is 326 cm³/mol. The van der Waals surface area contributed by atoms with Gasteiger partial charge in [0.1, 0.15) is 0 Å². The highest BCUT2D eigenvalue weighted by molar-refractivity contribution is 5.78. The smallest absolute Gasteiger partial charge is 0.158 e. The Balaban J connectivity index is 0.840. The van der Waals surface area contributed by atoms with Crippen molar-refractivity contribution in [3.63, 3.8) is 0 Å². The number of benzene rings is 7. The first-order valence-electron chi connectivity index (χ1n) is 30.3. The quantitative estimate of drug-likeness (QED) is 0.0655. The van der Waals surface area contributed by atoms with Gasteiger partial charge in [-0.15, -0.1) is 0 Å². The molecule has 430 valence electrons. The van der Waals surface area contributed by atoms with Crippen molar-refractivity contribution in [2.75, 3.05) is 36.2 Å². The third-order valence-electron chi connectivity index (χ3n) is 17.0. The summed E-state index contributed by atoms with van der Waals surface area (Å²) < 4.78 is 48.8. The van der Waals surface area contributed by atoms with Crippen molar-refractivity contribution in [1.29, 1.82) is 0 Å². The predicted octanol–water partition coefficient (Wildman–Crippen LogP) is 17.5. The van der Waals surface area contributed by atoms with Crippen molar-refractivity contribution in [2.24, 2.45) is 0 Å². The summed E-state index contributed by atoms with van der Waals surface area (Å²) in [6.07, 6.45) is 12.0. The number of hydrogen-bond donors (Lipinski definition) is 0. The van der Waals surface area contributed by atoms with Gasteiger partial charge in [-0.1, -0.05) is 125 Å². The molecule has 4 aliphatic heterocycles. The first-order chi connectivity index (χ1) is 40.1. The molecule has 0 N–H and O–H groups in total. The molecule has 0 aliphatic carbocycles. The maximum absolute atomic E-state index is 6.28. The molecule has 4 unspecified atom stereocenters. The molecule has 7 aromatic carbocycles. The van der Waals surface area contributed by atoms with Gasteiger partial charge in [-0.25, -0.2) is 0 Å². The maximum Gasteiger partial charge on any atom is 0.158 e. The molecule has 0 bridgehead atoms. The van der Waals surface area contributed by atoms with Crippen molar-refractivity contribution in [3.05, 3.63) is 214 Å². The summed E-state index contributed by atoms with van der Waals surface area (Å²) in [5.41, 5.74) is 15.1. The molecule has 11 rings (SSSR count). The molecule has 0 amide bonds. The number of hydrogen-bond acceptors (Lipinski definition) is 10. The summed E-state index contributed by atoms with van der Waals surface area (Å²) in [4.78, 5) is 4.68. The zero-order valence-corrected chi connectivity index (χ0v) is 48.8. The minimum absolute atomic E-state index is 0.157. The molecule has 4 atom stereocenters. The van der Waals surface area contributed by atoms with E-state index >= 15 is 0 Å². The minimum atomic E-state index is -0.303. The summed E-state index contributed by atoms with van der Waals surface area (Å²) in [6, 6.07) is 62.2. The van der Waals surface area contributed by atoms with Gasteiger partial charge < -0.3 is 47.7 Å². The van der Waals surface area contributed by atoms with E-state index < -0.39 is 0 Å². The molecule has 7 aromatic rings. The van der Waals surface area contributed by atoms with Crippen LogP contribution in [0.25, 0.3) is 0 Å². The Labute approximate surface area is 487 Å². The highest BCUT2D eigenvalue weighted by Crippen LogP contribution is 2.42. The summed E-state index contributed by atoms with van der Waals surface area (Å²) >= 11 is 0. The van der Waals surface area contributed by atoms with Crippen LogP contribution in [-0.2, 0) is 75.2 Å². The molecule has 4 fully saturated rings. The van der Waals surface area contributed by atoms with Crippen LogP contribution in [0.2, 0.25) is 0 Å². The lowest BCUT2D eigenvalue weighted by Crippen LogP contribution is -2.23. The van der Waals surface area contributed by atoms with Crippen molar-refractivity contribution >= 4 is 34.1 Å². The molecular weight excluding hydrogens is 1020 g/mol. The normalized spacial score (nSPS) is 19.9. The number of anilines is 6. The Kier molecular flexibility index (Phi) is 19.3. The van der Waals surface area contributed by atoms with E-state index in [1.54, 1.807) is 0 Å². The molecule has 0 spiro atoms. The van der Waals surface area contributed by atoms with E-state index in [2.05, 4.69) is 207 Å². The van der Waals surface area contributed by atoms with Gasteiger partial charge in [0, 0.05) is 71.4 Å². The van der Waals surface area contributed by atoms with Crippen molar-refractivity contribution in [2.45, 2.75) is 167 Å². The van der Waals surface area contributed by atoms with E-state index in [-0.39, 0.29) is 36.0 Å². The van der Waals surface area contributed by atoms with E-state index in [1.807, 2.05) is 0 Å². The minimum Gasteiger partial charge on any atom is -0.353 e. The summed E-state index contributed by atoms with van der Waals surface area (Å²) in [5.74, 6) is 0. The lowest BCUT2D eigenvalue weighted by Gasteiger charge is -2.32. The molecule has 0 radical (unpaired) electrons. The van der Waals surface area contributed by atoms with Gasteiger partial charge in [-0.05, 0) is 194 Å².